The normalized spacial score (nSPS) is 12.7. The molecule has 9 heteroatoms. The molecule has 0 aliphatic heterocycles. The topological polar surface area (TPSA) is 80.9 Å². The fraction of sp³-hybridized carbons (Fsp3) is 0.462. The number of hydrogen-bond donors (Lipinski definition) is 2. The maximum atomic E-state index is 12.3. The van der Waals surface area contributed by atoms with Gasteiger partial charge in [-0.05, 0) is 20.3 Å². The highest BCUT2D eigenvalue weighted by Gasteiger charge is 2.30. The molecule has 0 aliphatic rings. The average Bonchev–Trinajstić information content (AvgIpc) is 3.07. The predicted octanol–water partition coefficient (Wildman–Crippen LogP) is 3.27. The molecule has 2 heterocycles. The van der Waals surface area contributed by atoms with Gasteiger partial charge in [0.05, 0.1) is 5.54 Å². The molecule has 0 bridgehead atoms. The molecule has 2 aromatic heterocycles. The van der Waals surface area contributed by atoms with Gasteiger partial charge in [0.25, 0.3) is 5.91 Å². The number of carbonyl (C=O) groups is 1. The smallest absolute Gasteiger partial charge is 0.271 e. The van der Waals surface area contributed by atoms with E-state index >= 15 is 0 Å². The largest absolute Gasteiger partial charge is 0.339 e. The second kappa shape index (κ2) is 8.79. The van der Waals surface area contributed by atoms with Crippen molar-refractivity contribution in [3.63, 3.8) is 0 Å². The quantitative estimate of drug-likeness (QED) is 0.831. The molecular formula is C13H20Cl2N4OS2. The lowest BCUT2D eigenvalue weighted by Gasteiger charge is -2.27. The molecular weight excluding hydrogens is 363 g/mol. The van der Waals surface area contributed by atoms with E-state index in [4.69, 9.17) is 5.73 Å². The van der Waals surface area contributed by atoms with Gasteiger partial charge in [0.2, 0.25) is 0 Å². The fourth-order valence-electron chi connectivity index (χ4n) is 1.72. The number of carbonyl (C=O) groups excluding carboxylic acids is 1. The van der Waals surface area contributed by atoms with Crippen LogP contribution in [0.4, 0.5) is 0 Å². The van der Waals surface area contributed by atoms with Gasteiger partial charge >= 0.3 is 0 Å². The minimum atomic E-state index is -0.470. The lowest BCUT2D eigenvalue weighted by atomic mass is 9.99. The number of aryl methyl sites for hydroxylation is 1. The first-order valence-corrected chi connectivity index (χ1v) is 8.14. The van der Waals surface area contributed by atoms with Gasteiger partial charge in [0.1, 0.15) is 15.7 Å². The molecule has 0 aromatic carbocycles. The van der Waals surface area contributed by atoms with Crippen molar-refractivity contribution in [2.24, 2.45) is 5.73 Å². The van der Waals surface area contributed by atoms with Crippen LogP contribution in [0.25, 0.3) is 0 Å². The van der Waals surface area contributed by atoms with Crippen LogP contribution in [0.3, 0.4) is 0 Å². The highest BCUT2D eigenvalue weighted by atomic mass is 35.5. The van der Waals surface area contributed by atoms with Crippen LogP contribution >= 0.6 is 47.5 Å². The summed E-state index contributed by atoms with van der Waals surface area (Å²) < 4.78 is 0. The zero-order chi connectivity index (χ0) is 14.8. The zero-order valence-corrected chi connectivity index (χ0v) is 15.8. The van der Waals surface area contributed by atoms with E-state index in [0.29, 0.717) is 12.2 Å². The van der Waals surface area contributed by atoms with Crippen molar-refractivity contribution in [1.82, 2.24) is 15.3 Å². The van der Waals surface area contributed by atoms with Crippen LogP contribution in [0, 0.1) is 6.92 Å². The first-order chi connectivity index (χ1) is 9.48. The lowest BCUT2D eigenvalue weighted by molar-refractivity contribution is 0.0897. The summed E-state index contributed by atoms with van der Waals surface area (Å²) in [5, 5.41) is 8.45. The summed E-state index contributed by atoms with van der Waals surface area (Å²) in [4.78, 5) is 21.0. The molecule has 2 aromatic rings. The van der Waals surface area contributed by atoms with E-state index in [1.165, 1.54) is 11.3 Å². The molecule has 3 N–H and O–H groups in total. The number of rotatable bonds is 5. The summed E-state index contributed by atoms with van der Waals surface area (Å²) >= 11 is 2.97. The van der Waals surface area contributed by atoms with Gasteiger partial charge in [-0.25, -0.2) is 9.97 Å². The third-order valence-electron chi connectivity index (χ3n) is 3.15. The third kappa shape index (κ3) is 4.63. The van der Waals surface area contributed by atoms with E-state index in [0.717, 1.165) is 22.1 Å². The van der Waals surface area contributed by atoms with Gasteiger partial charge in [-0.15, -0.1) is 47.5 Å². The summed E-state index contributed by atoms with van der Waals surface area (Å²) in [6, 6.07) is 0. The van der Waals surface area contributed by atoms with Crippen LogP contribution < -0.4 is 11.1 Å². The highest BCUT2D eigenvalue weighted by Crippen LogP contribution is 2.28. The number of nitrogens with zero attached hydrogens (tertiary/aromatic N) is 2. The Hall–Kier alpha value is -0.730. The molecule has 124 valence electrons. The van der Waals surface area contributed by atoms with Gasteiger partial charge < -0.3 is 11.1 Å². The molecule has 0 aliphatic carbocycles. The van der Waals surface area contributed by atoms with Crippen LogP contribution in [0.15, 0.2) is 10.8 Å². The van der Waals surface area contributed by atoms with E-state index in [-0.39, 0.29) is 30.7 Å². The summed E-state index contributed by atoms with van der Waals surface area (Å²) in [7, 11) is 0. The number of halogens is 2. The highest BCUT2D eigenvalue weighted by molar-refractivity contribution is 7.10. The Balaban J connectivity index is 0.00000220. The second-order valence-corrected chi connectivity index (χ2v) is 6.57. The van der Waals surface area contributed by atoms with Crippen molar-refractivity contribution in [1.29, 1.82) is 0 Å². The molecule has 0 radical (unpaired) electrons. The third-order valence-corrected chi connectivity index (χ3v) is 5.24. The van der Waals surface area contributed by atoms with Gasteiger partial charge in [-0.2, -0.15) is 0 Å². The second-order valence-electron chi connectivity index (χ2n) is 4.76. The maximum Gasteiger partial charge on any atom is 0.271 e. The van der Waals surface area contributed by atoms with Crippen LogP contribution in [-0.4, -0.2) is 15.9 Å². The molecule has 0 saturated carbocycles. The van der Waals surface area contributed by atoms with Crippen molar-refractivity contribution in [3.05, 3.63) is 32.2 Å². The zero-order valence-electron chi connectivity index (χ0n) is 12.6. The molecule has 0 saturated heterocycles. The molecule has 0 spiro atoms. The number of nitrogens with one attached hydrogen (secondary N) is 1. The standard InChI is InChI=1S/C13H18N4OS2.2ClH/c1-4-13(3,12-15-8(2)6-20-12)17-11(18)9-7-19-10(5-14)16-9;;/h6-7H,4-5,14H2,1-3H3,(H,17,18);2*1H. The Kier molecular flexibility index (Phi) is 8.49. The summed E-state index contributed by atoms with van der Waals surface area (Å²) in [5.41, 5.74) is 6.44. The number of amides is 1. The summed E-state index contributed by atoms with van der Waals surface area (Å²) in [5.74, 6) is -0.182. The van der Waals surface area contributed by atoms with Crippen molar-refractivity contribution < 1.29 is 4.79 Å². The van der Waals surface area contributed by atoms with Gasteiger partial charge in [-0.1, -0.05) is 6.92 Å². The Bertz CT molecular complexity index is 617. The molecule has 1 amide bonds. The van der Waals surface area contributed by atoms with Gasteiger partial charge in [0.15, 0.2) is 0 Å². The molecule has 22 heavy (non-hydrogen) atoms. The van der Waals surface area contributed by atoms with Crippen molar-refractivity contribution in [2.45, 2.75) is 39.3 Å². The van der Waals surface area contributed by atoms with E-state index in [9.17, 15) is 4.79 Å². The summed E-state index contributed by atoms with van der Waals surface area (Å²) in [6.07, 6.45) is 0.763. The average molecular weight is 383 g/mol. The molecule has 1 unspecified atom stereocenters. The lowest BCUT2D eigenvalue weighted by Crippen LogP contribution is -2.43. The van der Waals surface area contributed by atoms with Crippen molar-refractivity contribution >= 4 is 53.4 Å². The first kappa shape index (κ1) is 21.3. The van der Waals surface area contributed by atoms with Gasteiger partial charge in [0, 0.05) is 23.0 Å². The van der Waals surface area contributed by atoms with Crippen molar-refractivity contribution in [3.8, 4) is 0 Å². The minimum absolute atomic E-state index is 0. The number of aromatic nitrogens is 2. The molecule has 2 rings (SSSR count). The van der Waals surface area contributed by atoms with E-state index in [1.807, 2.05) is 26.2 Å². The van der Waals surface area contributed by atoms with Gasteiger partial charge in [-0.3, -0.25) is 4.79 Å². The minimum Gasteiger partial charge on any atom is -0.339 e. The fourth-order valence-corrected chi connectivity index (χ4v) is 3.37. The number of thiazole rings is 2. The molecule has 1 atom stereocenters. The van der Waals surface area contributed by atoms with Crippen LogP contribution in [0.2, 0.25) is 0 Å². The Morgan fingerprint density at radius 3 is 2.45 bits per heavy atom. The monoisotopic (exact) mass is 382 g/mol. The van der Waals surface area contributed by atoms with E-state index in [1.54, 1.807) is 16.7 Å². The van der Waals surface area contributed by atoms with Crippen LogP contribution in [0.1, 0.15) is 46.5 Å². The van der Waals surface area contributed by atoms with Crippen molar-refractivity contribution in [2.75, 3.05) is 0 Å². The van der Waals surface area contributed by atoms with E-state index < -0.39 is 5.54 Å². The summed E-state index contributed by atoms with van der Waals surface area (Å²) in [6.45, 7) is 6.32. The molecule has 5 nitrogen and oxygen atoms in total. The SMILES string of the molecule is CCC(C)(NC(=O)c1csc(CN)n1)c1nc(C)cs1.Cl.Cl. The maximum absolute atomic E-state index is 12.3. The Morgan fingerprint density at radius 2 is 2.00 bits per heavy atom. The number of hydrogen-bond acceptors (Lipinski definition) is 6. The number of nitrogens with two attached hydrogens (primary N) is 1. The van der Waals surface area contributed by atoms with Crippen LogP contribution in [-0.2, 0) is 12.1 Å². The molecule has 0 fully saturated rings. The Labute approximate surface area is 150 Å². The first-order valence-electron chi connectivity index (χ1n) is 6.38. The van der Waals surface area contributed by atoms with Crippen LogP contribution in [0.5, 0.6) is 0 Å². The Morgan fingerprint density at radius 1 is 1.32 bits per heavy atom. The van der Waals surface area contributed by atoms with E-state index in [2.05, 4.69) is 15.3 Å². The predicted molar refractivity (Wildman–Crippen MR) is 96.5 cm³/mol.